The lowest BCUT2D eigenvalue weighted by Crippen LogP contribution is -2.15. The van der Waals surface area contributed by atoms with Crippen LogP contribution >= 0.6 is 23.1 Å². The summed E-state index contributed by atoms with van der Waals surface area (Å²) in [5, 5.41) is 5.64. The Hall–Kier alpha value is -0.770. The van der Waals surface area contributed by atoms with Crippen molar-refractivity contribution in [3.05, 3.63) is 51.7 Å². The van der Waals surface area contributed by atoms with Gasteiger partial charge in [0.25, 0.3) is 0 Å². The van der Waals surface area contributed by atoms with Crippen LogP contribution in [-0.4, -0.2) is 12.3 Å². The van der Waals surface area contributed by atoms with Gasteiger partial charge in [-0.3, -0.25) is 0 Å². The molecule has 0 unspecified atom stereocenters. The average molecular weight is 289 g/mol. The summed E-state index contributed by atoms with van der Waals surface area (Å²) in [6, 6.07) is 11.3. The Morgan fingerprint density at radius 1 is 1.16 bits per heavy atom. The van der Waals surface area contributed by atoms with E-state index in [9.17, 15) is 0 Å². The molecule has 0 saturated carbocycles. The van der Waals surface area contributed by atoms with Crippen LogP contribution in [-0.2, 0) is 19.4 Å². The lowest BCUT2D eigenvalue weighted by atomic mass is 10.1. The highest BCUT2D eigenvalue weighted by molar-refractivity contribution is 7.99. The first kappa shape index (κ1) is 13.2. The van der Waals surface area contributed by atoms with Gasteiger partial charge in [-0.1, -0.05) is 12.1 Å². The van der Waals surface area contributed by atoms with E-state index >= 15 is 0 Å². The molecule has 0 spiro atoms. The lowest BCUT2D eigenvalue weighted by molar-refractivity contribution is 0.741. The smallest absolute Gasteiger partial charge is 0.0300 e. The van der Waals surface area contributed by atoms with Gasteiger partial charge < -0.3 is 5.32 Å². The normalized spacial score (nSPS) is 13.7. The van der Waals surface area contributed by atoms with E-state index in [1.54, 1.807) is 11.1 Å². The largest absolute Gasteiger partial charge is 0.311 e. The number of hydrogen-bond acceptors (Lipinski definition) is 3. The number of nitrogens with one attached hydrogen (secondary N) is 1. The van der Waals surface area contributed by atoms with Crippen molar-refractivity contribution in [3.8, 4) is 0 Å². The molecule has 0 aliphatic heterocycles. The quantitative estimate of drug-likeness (QED) is 0.634. The highest BCUT2D eigenvalue weighted by Crippen LogP contribution is 2.27. The fraction of sp³-hybridized carbons (Fsp3) is 0.375. The van der Waals surface area contributed by atoms with Crippen molar-refractivity contribution < 1.29 is 0 Å². The summed E-state index contributed by atoms with van der Waals surface area (Å²) in [6.07, 6.45) is 3.90. The summed E-state index contributed by atoms with van der Waals surface area (Å²) < 4.78 is 0. The number of aryl methyl sites for hydroxylation is 2. The molecule has 100 valence electrons. The fourth-order valence-electron chi connectivity index (χ4n) is 2.50. The van der Waals surface area contributed by atoms with Gasteiger partial charge in [-0.25, -0.2) is 0 Å². The zero-order chi connectivity index (χ0) is 12.9. The number of thioether (sulfide) groups is 1. The molecule has 3 rings (SSSR count). The van der Waals surface area contributed by atoms with Crippen LogP contribution < -0.4 is 5.32 Å². The summed E-state index contributed by atoms with van der Waals surface area (Å²) >= 11 is 3.79. The van der Waals surface area contributed by atoms with E-state index in [0.29, 0.717) is 0 Å². The molecule has 0 amide bonds. The Kier molecular flexibility index (Phi) is 4.59. The average Bonchev–Trinajstić information content (AvgIpc) is 3.08. The summed E-state index contributed by atoms with van der Waals surface area (Å²) in [5.74, 6) is 1.14. The summed E-state index contributed by atoms with van der Waals surface area (Å²) in [5.41, 5.74) is 3.15. The van der Waals surface area contributed by atoms with Crippen molar-refractivity contribution in [2.45, 2.75) is 30.7 Å². The number of thiophene rings is 1. The van der Waals surface area contributed by atoms with Crippen LogP contribution in [0.1, 0.15) is 22.4 Å². The maximum absolute atomic E-state index is 3.50. The molecule has 19 heavy (non-hydrogen) atoms. The molecular weight excluding hydrogens is 270 g/mol. The first-order valence-corrected chi connectivity index (χ1v) is 8.76. The molecule has 1 nitrogen and oxygen atoms in total. The van der Waals surface area contributed by atoms with Crippen molar-refractivity contribution in [2.75, 3.05) is 12.3 Å². The topological polar surface area (TPSA) is 12.0 Å². The molecule has 0 fully saturated rings. The van der Waals surface area contributed by atoms with E-state index in [1.165, 1.54) is 29.0 Å². The molecule has 1 aliphatic carbocycles. The second-order valence-electron chi connectivity index (χ2n) is 4.89. The zero-order valence-electron chi connectivity index (χ0n) is 11.0. The van der Waals surface area contributed by atoms with Crippen molar-refractivity contribution in [1.29, 1.82) is 0 Å². The van der Waals surface area contributed by atoms with Gasteiger partial charge in [0.1, 0.15) is 0 Å². The van der Waals surface area contributed by atoms with Gasteiger partial charge in [0.2, 0.25) is 0 Å². The van der Waals surface area contributed by atoms with Crippen molar-refractivity contribution in [3.63, 3.8) is 0 Å². The van der Waals surface area contributed by atoms with Gasteiger partial charge in [-0.05, 0) is 54.0 Å². The van der Waals surface area contributed by atoms with Gasteiger partial charge in [0.15, 0.2) is 0 Å². The van der Waals surface area contributed by atoms with E-state index in [-0.39, 0.29) is 0 Å². The van der Waals surface area contributed by atoms with Gasteiger partial charge >= 0.3 is 0 Å². The van der Waals surface area contributed by atoms with E-state index < -0.39 is 0 Å². The number of rotatable bonds is 6. The molecule has 0 radical (unpaired) electrons. The number of benzene rings is 1. The second-order valence-corrected chi connectivity index (χ2v) is 7.09. The third-order valence-electron chi connectivity index (χ3n) is 3.50. The third-order valence-corrected chi connectivity index (χ3v) is 5.37. The molecule has 1 aliphatic rings. The lowest BCUT2D eigenvalue weighted by Gasteiger charge is -2.06. The first-order valence-electron chi connectivity index (χ1n) is 6.89. The van der Waals surface area contributed by atoms with E-state index in [2.05, 4.69) is 41.0 Å². The number of hydrogen-bond donors (Lipinski definition) is 1. The Bertz CT molecular complexity index is 520. The summed E-state index contributed by atoms with van der Waals surface area (Å²) in [4.78, 5) is 2.85. The monoisotopic (exact) mass is 289 g/mol. The minimum Gasteiger partial charge on any atom is -0.311 e. The van der Waals surface area contributed by atoms with Crippen LogP contribution in [0.15, 0.2) is 40.6 Å². The summed E-state index contributed by atoms with van der Waals surface area (Å²) in [6.45, 7) is 2.07. The highest BCUT2D eigenvalue weighted by Gasteiger charge is 2.10. The van der Waals surface area contributed by atoms with Crippen LogP contribution in [0.2, 0.25) is 0 Å². The van der Waals surface area contributed by atoms with Crippen LogP contribution in [0.3, 0.4) is 0 Å². The van der Waals surface area contributed by atoms with Crippen molar-refractivity contribution >= 4 is 23.1 Å². The van der Waals surface area contributed by atoms with E-state index in [4.69, 9.17) is 0 Å². The molecule has 3 heteroatoms. The second kappa shape index (κ2) is 6.60. The van der Waals surface area contributed by atoms with Crippen molar-refractivity contribution in [2.24, 2.45) is 0 Å². The maximum atomic E-state index is 3.50. The Balaban J connectivity index is 1.40. The molecule has 1 heterocycles. The standard InChI is InChI=1S/C16H19NS2/c1-3-13-6-7-15(11-14(13)4-1)19-10-8-17-12-16-5-2-9-18-16/h2,5-7,9,11,17H,1,3-4,8,10,12H2. The predicted molar refractivity (Wildman–Crippen MR) is 85.2 cm³/mol. The van der Waals surface area contributed by atoms with Crippen molar-refractivity contribution in [1.82, 2.24) is 5.32 Å². The van der Waals surface area contributed by atoms with Crippen LogP contribution in [0.4, 0.5) is 0 Å². The van der Waals surface area contributed by atoms with Gasteiger partial charge in [-0.15, -0.1) is 23.1 Å². The molecule has 0 atom stereocenters. The predicted octanol–water partition coefficient (Wildman–Crippen LogP) is 4.12. The van der Waals surface area contributed by atoms with Gasteiger partial charge in [-0.2, -0.15) is 0 Å². The van der Waals surface area contributed by atoms with Gasteiger partial charge in [0, 0.05) is 28.6 Å². The maximum Gasteiger partial charge on any atom is 0.0300 e. The minimum absolute atomic E-state index is 1.00. The van der Waals surface area contributed by atoms with Crippen LogP contribution in [0, 0.1) is 0 Å². The molecule has 1 aromatic heterocycles. The molecule has 2 aromatic rings. The SMILES string of the molecule is c1csc(CNCCSc2ccc3c(c2)CCC3)c1. The zero-order valence-corrected chi connectivity index (χ0v) is 12.7. The number of fused-ring (bicyclic) bond motifs is 1. The molecule has 1 N–H and O–H groups in total. The summed E-state index contributed by atoms with van der Waals surface area (Å²) in [7, 11) is 0. The third kappa shape index (κ3) is 3.62. The first-order chi connectivity index (χ1) is 9.42. The van der Waals surface area contributed by atoms with E-state index in [0.717, 1.165) is 18.8 Å². The molecular formula is C16H19NS2. The highest BCUT2D eigenvalue weighted by atomic mass is 32.2. The van der Waals surface area contributed by atoms with E-state index in [1.807, 2.05) is 23.1 Å². The molecule has 0 bridgehead atoms. The van der Waals surface area contributed by atoms with Gasteiger partial charge in [0.05, 0.1) is 0 Å². The Labute approximate surface area is 123 Å². The van der Waals surface area contributed by atoms with Crippen LogP contribution in [0.5, 0.6) is 0 Å². The molecule has 1 aromatic carbocycles. The van der Waals surface area contributed by atoms with Crippen LogP contribution in [0.25, 0.3) is 0 Å². The fourth-order valence-corrected chi connectivity index (χ4v) is 4.05. The Morgan fingerprint density at radius 2 is 2.11 bits per heavy atom. The molecule has 0 saturated heterocycles. The Morgan fingerprint density at radius 3 is 3.00 bits per heavy atom. The minimum atomic E-state index is 1.00.